The third-order valence-corrected chi connectivity index (χ3v) is 4.77. The Labute approximate surface area is 173 Å². The van der Waals surface area contributed by atoms with Crippen LogP contribution in [0.3, 0.4) is 0 Å². The SMILES string of the molecule is CCN(CC)C(CNC(=O)CCNC(=O)C=Cc1ccco1)Cc1ccccc1. The lowest BCUT2D eigenvalue weighted by molar-refractivity contribution is -0.121. The zero-order chi connectivity index (χ0) is 20.9. The molecule has 156 valence electrons. The predicted molar refractivity (Wildman–Crippen MR) is 115 cm³/mol. The van der Waals surface area contributed by atoms with Crippen LogP contribution < -0.4 is 10.6 Å². The molecule has 1 aromatic heterocycles. The minimum atomic E-state index is -0.251. The van der Waals surface area contributed by atoms with Gasteiger partial charge in [-0.25, -0.2) is 0 Å². The summed E-state index contributed by atoms with van der Waals surface area (Å²) in [6, 6.07) is 14.1. The molecule has 0 saturated heterocycles. The van der Waals surface area contributed by atoms with Crippen molar-refractivity contribution in [2.45, 2.75) is 32.7 Å². The van der Waals surface area contributed by atoms with Crippen LogP contribution in [0.1, 0.15) is 31.6 Å². The lowest BCUT2D eigenvalue weighted by Gasteiger charge is -2.30. The second-order valence-electron chi connectivity index (χ2n) is 6.76. The maximum Gasteiger partial charge on any atom is 0.244 e. The summed E-state index contributed by atoms with van der Waals surface area (Å²) in [5.74, 6) is 0.295. The molecule has 2 amide bonds. The number of nitrogens with one attached hydrogen (secondary N) is 2. The minimum Gasteiger partial charge on any atom is -0.465 e. The molecule has 6 nitrogen and oxygen atoms in total. The summed E-state index contributed by atoms with van der Waals surface area (Å²) in [5.41, 5.74) is 1.26. The lowest BCUT2D eigenvalue weighted by atomic mass is 10.0. The first-order chi connectivity index (χ1) is 14.1. The van der Waals surface area contributed by atoms with Crippen LogP contribution in [0.5, 0.6) is 0 Å². The standard InChI is InChI=1S/C23H31N3O3/c1-3-26(4-2)20(17-19-9-6-5-7-10-19)18-25-23(28)14-15-24-22(27)13-12-21-11-8-16-29-21/h5-13,16,20H,3-4,14-15,17-18H2,1-2H3,(H,24,27)(H,25,28). The van der Waals surface area contributed by atoms with Gasteiger partial charge in [0.05, 0.1) is 6.26 Å². The van der Waals surface area contributed by atoms with Gasteiger partial charge in [-0.3, -0.25) is 14.5 Å². The maximum atomic E-state index is 12.2. The van der Waals surface area contributed by atoms with Gasteiger partial charge in [-0.1, -0.05) is 44.2 Å². The number of likely N-dealkylation sites (N-methyl/N-ethyl adjacent to an activating group) is 1. The molecule has 0 fully saturated rings. The van der Waals surface area contributed by atoms with Gasteiger partial charge in [0, 0.05) is 31.6 Å². The van der Waals surface area contributed by atoms with Gasteiger partial charge in [-0.15, -0.1) is 0 Å². The summed E-state index contributed by atoms with van der Waals surface area (Å²) in [5, 5.41) is 5.73. The normalized spacial score (nSPS) is 12.2. The van der Waals surface area contributed by atoms with E-state index in [1.165, 1.54) is 11.6 Å². The summed E-state index contributed by atoms with van der Waals surface area (Å²) in [4.78, 5) is 26.3. The second kappa shape index (κ2) is 12.6. The fourth-order valence-electron chi connectivity index (χ4n) is 3.18. The number of benzene rings is 1. The third kappa shape index (κ3) is 8.35. The molecule has 0 saturated carbocycles. The molecule has 1 atom stereocenters. The van der Waals surface area contributed by atoms with Crippen molar-refractivity contribution in [3.63, 3.8) is 0 Å². The van der Waals surface area contributed by atoms with E-state index >= 15 is 0 Å². The number of hydrogen-bond acceptors (Lipinski definition) is 4. The van der Waals surface area contributed by atoms with Gasteiger partial charge in [0.2, 0.25) is 11.8 Å². The predicted octanol–water partition coefficient (Wildman–Crippen LogP) is 2.87. The quantitative estimate of drug-likeness (QED) is 0.540. The summed E-state index contributed by atoms with van der Waals surface area (Å²) in [7, 11) is 0. The molecular formula is C23H31N3O3. The van der Waals surface area contributed by atoms with Crippen molar-refractivity contribution in [3.8, 4) is 0 Å². The lowest BCUT2D eigenvalue weighted by Crippen LogP contribution is -2.45. The fourth-order valence-corrected chi connectivity index (χ4v) is 3.18. The molecule has 29 heavy (non-hydrogen) atoms. The van der Waals surface area contributed by atoms with Crippen LogP contribution in [0.15, 0.2) is 59.2 Å². The van der Waals surface area contributed by atoms with Crippen LogP contribution in [-0.2, 0) is 16.0 Å². The van der Waals surface area contributed by atoms with E-state index in [1.807, 2.05) is 18.2 Å². The van der Waals surface area contributed by atoms with E-state index in [0.717, 1.165) is 19.5 Å². The summed E-state index contributed by atoms with van der Waals surface area (Å²) < 4.78 is 5.13. The molecule has 0 spiro atoms. The van der Waals surface area contributed by atoms with E-state index in [0.29, 0.717) is 18.8 Å². The molecule has 0 bridgehead atoms. The van der Waals surface area contributed by atoms with Crippen LogP contribution in [0, 0.1) is 0 Å². The zero-order valence-corrected chi connectivity index (χ0v) is 17.3. The van der Waals surface area contributed by atoms with Crippen LogP contribution >= 0.6 is 0 Å². The number of nitrogens with zero attached hydrogens (tertiary/aromatic N) is 1. The number of carbonyl (C=O) groups is 2. The monoisotopic (exact) mass is 397 g/mol. The van der Waals surface area contributed by atoms with Gasteiger partial charge < -0.3 is 15.1 Å². The van der Waals surface area contributed by atoms with Gasteiger partial charge >= 0.3 is 0 Å². The van der Waals surface area contributed by atoms with Crippen molar-refractivity contribution in [2.75, 3.05) is 26.2 Å². The molecular weight excluding hydrogens is 366 g/mol. The van der Waals surface area contributed by atoms with Crippen molar-refractivity contribution >= 4 is 17.9 Å². The molecule has 0 aliphatic heterocycles. The van der Waals surface area contributed by atoms with Crippen LogP contribution in [0.2, 0.25) is 0 Å². The van der Waals surface area contributed by atoms with Crippen molar-refractivity contribution in [3.05, 3.63) is 66.1 Å². The number of carbonyl (C=O) groups excluding carboxylic acids is 2. The number of hydrogen-bond donors (Lipinski definition) is 2. The Kier molecular flexibility index (Phi) is 9.72. The first-order valence-electron chi connectivity index (χ1n) is 10.2. The van der Waals surface area contributed by atoms with Crippen molar-refractivity contribution in [2.24, 2.45) is 0 Å². The fraction of sp³-hybridized carbons (Fsp3) is 0.391. The van der Waals surface area contributed by atoms with Crippen molar-refractivity contribution < 1.29 is 14.0 Å². The molecule has 0 aliphatic carbocycles. The largest absolute Gasteiger partial charge is 0.465 e. The highest BCUT2D eigenvalue weighted by molar-refractivity contribution is 5.91. The van der Waals surface area contributed by atoms with Gasteiger partial charge in [0.1, 0.15) is 5.76 Å². The van der Waals surface area contributed by atoms with E-state index < -0.39 is 0 Å². The van der Waals surface area contributed by atoms with Crippen molar-refractivity contribution in [1.82, 2.24) is 15.5 Å². The molecule has 2 N–H and O–H groups in total. The summed E-state index contributed by atoms with van der Waals surface area (Å²) >= 11 is 0. The maximum absolute atomic E-state index is 12.2. The Morgan fingerprint density at radius 3 is 2.48 bits per heavy atom. The molecule has 1 aromatic carbocycles. The molecule has 1 unspecified atom stereocenters. The Morgan fingerprint density at radius 2 is 1.83 bits per heavy atom. The van der Waals surface area contributed by atoms with Gasteiger partial charge in [-0.2, -0.15) is 0 Å². The van der Waals surface area contributed by atoms with E-state index in [4.69, 9.17) is 4.42 Å². The Bertz CT molecular complexity index is 753. The van der Waals surface area contributed by atoms with Gasteiger partial charge in [0.15, 0.2) is 0 Å². The smallest absolute Gasteiger partial charge is 0.244 e. The molecule has 0 aliphatic rings. The zero-order valence-electron chi connectivity index (χ0n) is 17.3. The highest BCUT2D eigenvalue weighted by atomic mass is 16.3. The minimum absolute atomic E-state index is 0.0643. The number of rotatable bonds is 12. The highest BCUT2D eigenvalue weighted by Crippen LogP contribution is 2.09. The summed E-state index contributed by atoms with van der Waals surface area (Å²) in [6.07, 6.45) is 5.67. The molecule has 0 radical (unpaired) electrons. The molecule has 2 rings (SSSR count). The van der Waals surface area contributed by atoms with E-state index in [2.05, 4.69) is 41.5 Å². The van der Waals surface area contributed by atoms with E-state index in [9.17, 15) is 9.59 Å². The first kappa shape index (κ1) is 22.4. The Morgan fingerprint density at radius 1 is 1.07 bits per heavy atom. The number of furan rings is 1. The van der Waals surface area contributed by atoms with Gasteiger partial charge in [-0.05, 0) is 43.3 Å². The first-order valence-corrected chi connectivity index (χ1v) is 10.2. The van der Waals surface area contributed by atoms with Crippen LogP contribution in [0.25, 0.3) is 6.08 Å². The van der Waals surface area contributed by atoms with E-state index in [1.54, 1.807) is 24.5 Å². The molecule has 6 heteroatoms. The van der Waals surface area contributed by atoms with Crippen LogP contribution in [0.4, 0.5) is 0 Å². The number of amides is 2. The van der Waals surface area contributed by atoms with Crippen LogP contribution in [-0.4, -0.2) is 48.9 Å². The molecule has 1 heterocycles. The van der Waals surface area contributed by atoms with Gasteiger partial charge in [0.25, 0.3) is 0 Å². The Hall–Kier alpha value is -2.86. The Balaban J connectivity index is 1.74. The average Bonchev–Trinajstić information content (AvgIpc) is 3.25. The highest BCUT2D eigenvalue weighted by Gasteiger charge is 2.17. The molecule has 2 aromatic rings. The third-order valence-electron chi connectivity index (χ3n) is 4.77. The van der Waals surface area contributed by atoms with Crippen molar-refractivity contribution in [1.29, 1.82) is 0 Å². The average molecular weight is 398 g/mol. The topological polar surface area (TPSA) is 74.6 Å². The summed E-state index contributed by atoms with van der Waals surface area (Å²) in [6.45, 7) is 7.01. The van der Waals surface area contributed by atoms with E-state index in [-0.39, 0.29) is 24.3 Å². The second-order valence-corrected chi connectivity index (χ2v) is 6.76.